The topological polar surface area (TPSA) is 93.7 Å². The zero-order valence-corrected chi connectivity index (χ0v) is 23.0. The van der Waals surface area contributed by atoms with E-state index in [1.807, 2.05) is 20.8 Å². The molecule has 0 aromatic heterocycles. The van der Waals surface area contributed by atoms with Crippen molar-refractivity contribution < 1.29 is 23.9 Å². The summed E-state index contributed by atoms with van der Waals surface area (Å²) in [6.07, 6.45) is 9.07. The molecule has 2 unspecified atom stereocenters. The van der Waals surface area contributed by atoms with Crippen molar-refractivity contribution in [2.24, 2.45) is 5.92 Å². The second-order valence-corrected chi connectivity index (χ2v) is 10.6. The Kier molecular flexibility index (Phi) is 17.1. The number of aldehydes is 1. The minimum atomic E-state index is -0.538. The van der Waals surface area contributed by atoms with Crippen LogP contribution in [0.15, 0.2) is 0 Å². The molecule has 0 aromatic carbocycles. The van der Waals surface area contributed by atoms with Crippen molar-refractivity contribution in [1.82, 2.24) is 10.6 Å². The van der Waals surface area contributed by atoms with Crippen molar-refractivity contribution in [3.05, 3.63) is 0 Å². The van der Waals surface area contributed by atoms with E-state index in [9.17, 15) is 14.4 Å². The van der Waals surface area contributed by atoms with Crippen LogP contribution in [0.4, 0.5) is 0 Å². The quantitative estimate of drug-likeness (QED) is 0.177. The molecule has 34 heavy (non-hydrogen) atoms. The number of carbonyl (C=O) groups is 3. The molecule has 200 valence electrons. The fraction of sp³-hybridized carbons (Fsp3) is 0.889. The third-order valence-corrected chi connectivity index (χ3v) is 5.92. The highest BCUT2D eigenvalue weighted by atomic mass is 16.5. The number of carbonyl (C=O) groups excluding carboxylic acids is 3. The first kappa shape index (κ1) is 32.5. The molecule has 0 aliphatic heterocycles. The molecule has 0 heterocycles. The van der Waals surface area contributed by atoms with Crippen molar-refractivity contribution in [3.63, 3.8) is 0 Å². The van der Waals surface area contributed by atoms with Gasteiger partial charge in [-0.1, -0.05) is 46.5 Å². The van der Waals surface area contributed by atoms with E-state index >= 15 is 0 Å². The maximum atomic E-state index is 12.3. The van der Waals surface area contributed by atoms with Crippen molar-refractivity contribution >= 4 is 18.1 Å². The Morgan fingerprint density at radius 3 is 2.15 bits per heavy atom. The zero-order chi connectivity index (χ0) is 26.0. The lowest BCUT2D eigenvalue weighted by Gasteiger charge is -2.29. The second kappa shape index (κ2) is 17.9. The molecular weight excluding hydrogens is 432 g/mol. The standard InChI is InChI=1S/C27H52N2O5/c1-8-10-11-15-23(21-30)29-25(32)22(3)14-12-13-17-28-24(31)20-27(6,7)34-19-16-26(4,5)33-18-9-2/h21-23H,8-20H2,1-7H3,(H,28,31)(H,29,32). The average molecular weight is 485 g/mol. The molecule has 0 aromatic rings. The first-order chi connectivity index (χ1) is 16.0. The van der Waals surface area contributed by atoms with Crippen molar-refractivity contribution in [3.8, 4) is 0 Å². The van der Waals surface area contributed by atoms with Crippen LogP contribution in [0.25, 0.3) is 0 Å². The highest BCUT2D eigenvalue weighted by molar-refractivity contribution is 5.81. The number of unbranched alkanes of at least 4 members (excludes halogenated alkanes) is 3. The van der Waals surface area contributed by atoms with Crippen LogP contribution in [0, 0.1) is 5.92 Å². The van der Waals surface area contributed by atoms with Gasteiger partial charge in [-0.3, -0.25) is 9.59 Å². The van der Waals surface area contributed by atoms with E-state index in [0.717, 1.165) is 64.3 Å². The molecule has 0 aliphatic rings. The van der Waals surface area contributed by atoms with Crippen LogP contribution in [0.3, 0.4) is 0 Å². The monoisotopic (exact) mass is 484 g/mol. The minimum absolute atomic E-state index is 0.0295. The maximum Gasteiger partial charge on any atom is 0.223 e. The summed E-state index contributed by atoms with van der Waals surface area (Å²) >= 11 is 0. The molecule has 0 fully saturated rings. The van der Waals surface area contributed by atoms with E-state index in [-0.39, 0.29) is 29.4 Å². The highest BCUT2D eigenvalue weighted by Gasteiger charge is 2.25. The van der Waals surface area contributed by atoms with Gasteiger partial charge in [0.1, 0.15) is 6.29 Å². The van der Waals surface area contributed by atoms with E-state index in [1.54, 1.807) is 0 Å². The molecule has 0 rings (SSSR count). The van der Waals surface area contributed by atoms with E-state index < -0.39 is 5.60 Å². The van der Waals surface area contributed by atoms with Gasteiger partial charge in [-0.25, -0.2) is 0 Å². The number of ether oxygens (including phenoxy) is 2. The van der Waals surface area contributed by atoms with E-state index in [1.165, 1.54) is 0 Å². The van der Waals surface area contributed by atoms with Gasteiger partial charge in [0.25, 0.3) is 0 Å². The highest BCUT2D eigenvalue weighted by Crippen LogP contribution is 2.20. The Labute approximate surface area is 208 Å². The van der Waals surface area contributed by atoms with E-state index in [2.05, 4.69) is 38.3 Å². The van der Waals surface area contributed by atoms with Gasteiger partial charge in [0.05, 0.1) is 30.3 Å². The Morgan fingerprint density at radius 1 is 0.882 bits per heavy atom. The summed E-state index contributed by atoms with van der Waals surface area (Å²) in [6.45, 7) is 15.9. The van der Waals surface area contributed by atoms with Crippen LogP contribution < -0.4 is 10.6 Å². The third kappa shape index (κ3) is 17.0. The summed E-state index contributed by atoms with van der Waals surface area (Å²) in [4.78, 5) is 35.8. The Morgan fingerprint density at radius 2 is 1.53 bits per heavy atom. The molecule has 7 nitrogen and oxygen atoms in total. The summed E-state index contributed by atoms with van der Waals surface area (Å²) in [7, 11) is 0. The zero-order valence-electron chi connectivity index (χ0n) is 23.0. The lowest BCUT2D eigenvalue weighted by Crippen LogP contribution is -2.39. The Hall–Kier alpha value is -1.47. The first-order valence-electron chi connectivity index (χ1n) is 13.3. The van der Waals surface area contributed by atoms with Crippen molar-refractivity contribution in [2.75, 3.05) is 19.8 Å². The molecule has 0 radical (unpaired) electrons. The van der Waals surface area contributed by atoms with Crippen LogP contribution in [-0.2, 0) is 23.9 Å². The lowest BCUT2D eigenvalue weighted by molar-refractivity contribution is -0.129. The van der Waals surface area contributed by atoms with Crippen LogP contribution in [0.5, 0.6) is 0 Å². The molecular formula is C27H52N2O5. The second-order valence-electron chi connectivity index (χ2n) is 10.6. The van der Waals surface area contributed by atoms with E-state index in [4.69, 9.17) is 9.47 Å². The average Bonchev–Trinajstić information content (AvgIpc) is 2.75. The molecule has 0 aliphatic carbocycles. The van der Waals surface area contributed by atoms with Crippen LogP contribution in [-0.4, -0.2) is 55.1 Å². The van der Waals surface area contributed by atoms with Gasteiger partial charge in [-0.05, 0) is 59.8 Å². The van der Waals surface area contributed by atoms with Gasteiger partial charge < -0.3 is 24.9 Å². The summed E-state index contributed by atoms with van der Waals surface area (Å²) < 4.78 is 11.8. The molecule has 0 saturated heterocycles. The Bertz CT molecular complexity index is 577. The van der Waals surface area contributed by atoms with Gasteiger partial charge in [0, 0.05) is 19.1 Å². The van der Waals surface area contributed by atoms with Crippen LogP contribution in [0.2, 0.25) is 0 Å². The largest absolute Gasteiger partial charge is 0.375 e. The summed E-state index contributed by atoms with van der Waals surface area (Å²) in [5.41, 5.74) is -0.768. The van der Waals surface area contributed by atoms with Gasteiger partial charge in [0.2, 0.25) is 11.8 Å². The molecule has 0 spiro atoms. The Balaban J connectivity index is 4.07. The normalized spacial score (nSPS) is 13.9. The third-order valence-electron chi connectivity index (χ3n) is 5.92. The number of amides is 2. The number of hydrogen-bond donors (Lipinski definition) is 2. The molecule has 2 amide bonds. The number of hydrogen-bond acceptors (Lipinski definition) is 5. The molecule has 2 N–H and O–H groups in total. The predicted molar refractivity (Wildman–Crippen MR) is 138 cm³/mol. The molecule has 2 atom stereocenters. The number of rotatable bonds is 21. The van der Waals surface area contributed by atoms with Gasteiger partial charge in [0.15, 0.2) is 0 Å². The SMILES string of the molecule is CCCCCC(C=O)NC(=O)C(C)CCCCNC(=O)CC(C)(C)OCCC(C)(C)OCCC. The van der Waals surface area contributed by atoms with Gasteiger partial charge in [-0.2, -0.15) is 0 Å². The van der Waals surface area contributed by atoms with Crippen molar-refractivity contribution in [1.29, 1.82) is 0 Å². The minimum Gasteiger partial charge on any atom is -0.375 e. The van der Waals surface area contributed by atoms with E-state index in [0.29, 0.717) is 26.0 Å². The van der Waals surface area contributed by atoms with Crippen LogP contribution >= 0.6 is 0 Å². The molecule has 0 bridgehead atoms. The summed E-state index contributed by atoms with van der Waals surface area (Å²) in [6, 6.07) is -0.388. The lowest BCUT2D eigenvalue weighted by atomic mass is 10.0. The maximum absolute atomic E-state index is 12.3. The van der Waals surface area contributed by atoms with Crippen molar-refractivity contribution in [2.45, 2.75) is 130 Å². The molecule has 0 saturated carbocycles. The smallest absolute Gasteiger partial charge is 0.223 e. The predicted octanol–water partition coefficient (Wildman–Crippen LogP) is 4.95. The first-order valence-corrected chi connectivity index (χ1v) is 13.3. The summed E-state index contributed by atoms with van der Waals surface area (Å²) in [5.74, 6) is -0.250. The fourth-order valence-corrected chi connectivity index (χ4v) is 3.57. The van der Waals surface area contributed by atoms with Gasteiger partial charge in [-0.15, -0.1) is 0 Å². The fourth-order valence-electron chi connectivity index (χ4n) is 3.57. The number of nitrogens with one attached hydrogen (secondary N) is 2. The molecule has 7 heteroatoms. The van der Waals surface area contributed by atoms with Crippen LogP contribution in [0.1, 0.15) is 113 Å². The summed E-state index contributed by atoms with van der Waals surface area (Å²) in [5, 5.41) is 5.80. The van der Waals surface area contributed by atoms with Gasteiger partial charge >= 0.3 is 0 Å².